The van der Waals surface area contributed by atoms with Crippen LogP contribution < -0.4 is 0 Å². The zero-order valence-electron chi connectivity index (χ0n) is 16.9. The van der Waals surface area contributed by atoms with Gasteiger partial charge in [0.25, 0.3) is 0 Å². The molecule has 1 aromatic heterocycles. The van der Waals surface area contributed by atoms with Crippen molar-refractivity contribution in [3.8, 4) is 11.8 Å². The molecule has 1 unspecified atom stereocenters. The van der Waals surface area contributed by atoms with Crippen LogP contribution in [0.15, 0.2) is 36.4 Å². The van der Waals surface area contributed by atoms with E-state index >= 15 is 0 Å². The Morgan fingerprint density at radius 2 is 1.96 bits per heavy atom. The van der Waals surface area contributed by atoms with Gasteiger partial charge in [-0.05, 0) is 62.9 Å². The zero-order chi connectivity index (χ0) is 19.6. The summed E-state index contributed by atoms with van der Waals surface area (Å²) in [4.78, 5) is 7.71. The van der Waals surface area contributed by atoms with Crippen molar-refractivity contribution in [2.45, 2.75) is 57.8 Å². The maximum absolute atomic E-state index is 9.78. The Balaban J connectivity index is 1.36. The van der Waals surface area contributed by atoms with E-state index in [0.29, 0.717) is 6.04 Å². The number of aliphatic hydroxyl groups is 1. The molecular formula is C24H30N2OS. The second-order valence-corrected chi connectivity index (χ2v) is 9.76. The summed E-state index contributed by atoms with van der Waals surface area (Å²) in [5, 5.41) is 9.78. The van der Waals surface area contributed by atoms with Crippen molar-refractivity contribution in [3.63, 3.8) is 0 Å². The molecule has 1 saturated heterocycles. The summed E-state index contributed by atoms with van der Waals surface area (Å²) in [6.07, 6.45) is 3.77. The number of piperidine rings is 1. The molecule has 2 aliphatic heterocycles. The van der Waals surface area contributed by atoms with Gasteiger partial charge in [0.2, 0.25) is 0 Å². The molecule has 0 bridgehead atoms. The smallest absolute Gasteiger partial charge is 0.120 e. The minimum Gasteiger partial charge on any atom is -0.378 e. The summed E-state index contributed by atoms with van der Waals surface area (Å²) in [6.45, 7) is 9.09. The van der Waals surface area contributed by atoms with Gasteiger partial charge in [0.1, 0.15) is 5.60 Å². The highest BCUT2D eigenvalue weighted by atomic mass is 32.1. The molecule has 0 saturated carbocycles. The van der Waals surface area contributed by atoms with Crippen LogP contribution >= 0.6 is 11.3 Å². The van der Waals surface area contributed by atoms with Crippen LogP contribution in [0.4, 0.5) is 0 Å². The third-order valence-electron chi connectivity index (χ3n) is 5.69. The highest BCUT2D eigenvalue weighted by Gasteiger charge is 2.28. The first kappa shape index (κ1) is 19.7. The van der Waals surface area contributed by atoms with Gasteiger partial charge in [-0.2, -0.15) is 0 Å². The molecule has 4 rings (SSSR count). The summed E-state index contributed by atoms with van der Waals surface area (Å²) < 4.78 is 0. The number of fused-ring (bicyclic) bond motifs is 1. The lowest BCUT2D eigenvalue weighted by Gasteiger charge is -2.41. The van der Waals surface area contributed by atoms with Gasteiger partial charge < -0.3 is 5.11 Å². The van der Waals surface area contributed by atoms with Gasteiger partial charge in [0, 0.05) is 37.1 Å². The highest BCUT2D eigenvalue weighted by molar-refractivity contribution is 7.12. The fraction of sp³-hybridized carbons (Fsp3) is 0.500. The molecule has 0 amide bonds. The summed E-state index contributed by atoms with van der Waals surface area (Å²) in [5.74, 6) is 6.01. The van der Waals surface area contributed by atoms with Crippen molar-refractivity contribution < 1.29 is 5.11 Å². The van der Waals surface area contributed by atoms with Crippen molar-refractivity contribution in [1.29, 1.82) is 0 Å². The Kier molecular flexibility index (Phi) is 5.89. The molecule has 4 heteroatoms. The number of benzene rings is 1. The summed E-state index contributed by atoms with van der Waals surface area (Å²) in [7, 11) is 0. The number of hydrogen-bond donors (Lipinski definition) is 1. The van der Waals surface area contributed by atoms with Gasteiger partial charge in [-0.25, -0.2) is 0 Å². The highest BCUT2D eigenvalue weighted by Crippen LogP contribution is 2.26. The van der Waals surface area contributed by atoms with Crippen molar-refractivity contribution in [2.75, 3.05) is 19.6 Å². The molecule has 0 radical (unpaired) electrons. The van der Waals surface area contributed by atoms with E-state index in [4.69, 9.17) is 0 Å². The molecule has 2 aromatic rings. The minimum absolute atomic E-state index is 0.663. The molecule has 1 atom stereocenters. The Morgan fingerprint density at radius 1 is 1.14 bits per heavy atom. The monoisotopic (exact) mass is 394 g/mol. The van der Waals surface area contributed by atoms with E-state index in [1.54, 1.807) is 25.2 Å². The van der Waals surface area contributed by atoms with E-state index in [0.717, 1.165) is 24.5 Å². The van der Waals surface area contributed by atoms with E-state index in [1.807, 2.05) is 0 Å². The number of likely N-dealkylation sites (tertiary alicyclic amines) is 1. The molecule has 148 valence electrons. The van der Waals surface area contributed by atoms with Crippen molar-refractivity contribution in [2.24, 2.45) is 0 Å². The Morgan fingerprint density at radius 3 is 2.79 bits per heavy atom. The lowest BCUT2D eigenvalue weighted by Crippen LogP contribution is -2.49. The Hall–Kier alpha value is -1.64. The van der Waals surface area contributed by atoms with Gasteiger partial charge in [-0.3, -0.25) is 9.80 Å². The SMILES string of the molecule is CC(C)(O)C#Cc1ccc(CN2CCCC(N3CCc4ccccc4C3)C2)s1. The van der Waals surface area contributed by atoms with Gasteiger partial charge in [-0.15, -0.1) is 11.3 Å². The molecule has 3 nitrogen and oxygen atoms in total. The van der Waals surface area contributed by atoms with Crippen LogP contribution in [0, 0.1) is 11.8 Å². The third kappa shape index (κ3) is 5.04. The van der Waals surface area contributed by atoms with Crippen LogP contribution in [-0.2, 0) is 19.5 Å². The number of hydrogen-bond acceptors (Lipinski definition) is 4. The fourth-order valence-corrected chi connectivity index (χ4v) is 5.17. The molecule has 1 N–H and O–H groups in total. The lowest BCUT2D eigenvalue weighted by molar-refractivity contribution is 0.0844. The Bertz CT molecular complexity index is 870. The van der Waals surface area contributed by atoms with Gasteiger partial charge in [0.05, 0.1) is 4.88 Å². The van der Waals surface area contributed by atoms with E-state index in [2.05, 4.69) is 58.0 Å². The van der Waals surface area contributed by atoms with Crippen LogP contribution in [0.5, 0.6) is 0 Å². The van der Waals surface area contributed by atoms with E-state index < -0.39 is 5.60 Å². The minimum atomic E-state index is -0.933. The average molecular weight is 395 g/mol. The van der Waals surface area contributed by atoms with E-state index in [9.17, 15) is 5.11 Å². The summed E-state index contributed by atoms with van der Waals surface area (Å²) >= 11 is 1.75. The standard InChI is InChI=1S/C24H30N2OS/c1-24(2,27)13-11-22-9-10-23(28-22)18-25-14-5-8-21(17-25)26-15-12-19-6-3-4-7-20(19)16-26/h3-4,6-7,9-10,21,27H,5,8,12,14-18H2,1-2H3. The first-order chi connectivity index (χ1) is 13.5. The molecule has 28 heavy (non-hydrogen) atoms. The van der Waals surface area contributed by atoms with Crippen LogP contribution in [-0.4, -0.2) is 46.2 Å². The molecule has 0 spiro atoms. The van der Waals surface area contributed by atoms with Crippen LogP contribution in [0.25, 0.3) is 0 Å². The first-order valence-corrected chi connectivity index (χ1v) is 11.2. The molecule has 2 aliphatic rings. The first-order valence-electron chi connectivity index (χ1n) is 10.3. The van der Waals surface area contributed by atoms with Crippen LogP contribution in [0.3, 0.4) is 0 Å². The van der Waals surface area contributed by atoms with Crippen molar-refractivity contribution >= 4 is 11.3 Å². The predicted molar refractivity (Wildman–Crippen MR) is 116 cm³/mol. The van der Waals surface area contributed by atoms with Crippen LogP contribution in [0.1, 0.15) is 47.6 Å². The average Bonchev–Trinajstić information content (AvgIpc) is 3.13. The summed E-state index contributed by atoms with van der Waals surface area (Å²) in [5.41, 5.74) is 2.11. The van der Waals surface area contributed by atoms with Gasteiger partial charge >= 0.3 is 0 Å². The fourth-order valence-electron chi connectivity index (χ4n) is 4.27. The van der Waals surface area contributed by atoms with Gasteiger partial charge in [-0.1, -0.05) is 36.1 Å². The molecular weight excluding hydrogens is 364 g/mol. The number of nitrogens with zero attached hydrogens (tertiary/aromatic N) is 2. The molecule has 3 heterocycles. The molecule has 1 fully saturated rings. The molecule has 0 aliphatic carbocycles. The maximum atomic E-state index is 9.78. The second kappa shape index (κ2) is 8.39. The maximum Gasteiger partial charge on any atom is 0.120 e. The van der Waals surface area contributed by atoms with Crippen LogP contribution in [0.2, 0.25) is 0 Å². The summed E-state index contributed by atoms with van der Waals surface area (Å²) in [6, 6.07) is 13.9. The zero-order valence-corrected chi connectivity index (χ0v) is 17.8. The normalized spacial score (nSPS) is 21.0. The topological polar surface area (TPSA) is 26.7 Å². The molecule has 1 aromatic carbocycles. The predicted octanol–water partition coefficient (Wildman–Crippen LogP) is 3.89. The van der Waals surface area contributed by atoms with E-state index in [-0.39, 0.29) is 0 Å². The third-order valence-corrected chi connectivity index (χ3v) is 6.68. The lowest BCUT2D eigenvalue weighted by atomic mass is 9.96. The van der Waals surface area contributed by atoms with E-state index in [1.165, 1.54) is 48.4 Å². The van der Waals surface area contributed by atoms with Crippen molar-refractivity contribution in [3.05, 3.63) is 57.3 Å². The number of thiophene rings is 1. The van der Waals surface area contributed by atoms with Gasteiger partial charge in [0.15, 0.2) is 0 Å². The van der Waals surface area contributed by atoms with Crippen molar-refractivity contribution in [1.82, 2.24) is 9.80 Å². The second-order valence-electron chi connectivity index (χ2n) is 8.60. The number of rotatable bonds is 3. The quantitative estimate of drug-likeness (QED) is 0.800. The Labute approximate surface area is 173 Å². The largest absolute Gasteiger partial charge is 0.378 e.